The van der Waals surface area contributed by atoms with Crippen LogP contribution in [0.25, 0.3) is 0 Å². The van der Waals surface area contributed by atoms with Gasteiger partial charge in [0.15, 0.2) is 0 Å². The zero-order chi connectivity index (χ0) is 14.6. The third-order valence-corrected chi connectivity index (χ3v) is 4.33. The first-order chi connectivity index (χ1) is 9.53. The molecule has 0 aliphatic carbocycles. The Bertz CT molecular complexity index is 677. The molecule has 2 N–H and O–H groups in total. The van der Waals surface area contributed by atoms with Crippen molar-refractivity contribution < 1.29 is 12.8 Å². The molecule has 6 heteroatoms. The van der Waals surface area contributed by atoms with Crippen molar-refractivity contribution in [2.24, 2.45) is 0 Å². The molecular weight excluding hydrogens is 276 g/mol. The maximum absolute atomic E-state index is 11.5. The smallest absolute Gasteiger partial charge is 0.273 e. The van der Waals surface area contributed by atoms with Gasteiger partial charge < -0.3 is 9.73 Å². The Morgan fingerprint density at radius 3 is 2.55 bits per heavy atom. The van der Waals surface area contributed by atoms with Crippen LogP contribution in [0.3, 0.4) is 0 Å². The standard InChI is InChI=1S/C14H18N2O3S/c1-11-5-3-4-6-12(11)9-16-10-13-7-8-14(19-13)20(17,18)15-2/h3-8,15-16H,9-10H2,1-2H3. The Kier molecular flexibility index (Phi) is 4.59. The minimum Gasteiger partial charge on any atom is -0.447 e. The van der Waals surface area contributed by atoms with Crippen LogP contribution < -0.4 is 10.0 Å². The minimum absolute atomic E-state index is 0.0623. The average molecular weight is 294 g/mol. The molecule has 0 fully saturated rings. The van der Waals surface area contributed by atoms with E-state index >= 15 is 0 Å². The summed E-state index contributed by atoms with van der Waals surface area (Å²) in [5.74, 6) is 0.590. The van der Waals surface area contributed by atoms with Gasteiger partial charge in [0.25, 0.3) is 10.0 Å². The van der Waals surface area contributed by atoms with Crippen LogP contribution in [-0.2, 0) is 23.1 Å². The second-order valence-corrected chi connectivity index (χ2v) is 6.28. The Balaban J connectivity index is 1.94. The van der Waals surface area contributed by atoms with Gasteiger partial charge in [-0.15, -0.1) is 0 Å². The molecule has 0 saturated carbocycles. The van der Waals surface area contributed by atoms with Crippen molar-refractivity contribution in [1.29, 1.82) is 0 Å². The van der Waals surface area contributed by atoms with Crippen LogP contribution in [0, 0.1) is 6.92 Å². The molecule has 20 heavy (non-hydrogen) atoms. The van der Waals surface area contributed by atoms with Gasteiger partial charge in [0, 0.05) is 6.54 Å². The quantitative estimate of drug-likeness (QED) is 0.852. The molecule has 2 aromatic rings. The molecule has 0 radical (unpaired) electrons. The Morgan fingerprint density at radius 2 is 1.85 bits per heavy atom. The van der Waals surface area contributed by atoms with E-state index in [-0.39, 0.29) is 5.09 Å². The summed E-state index contributed by atoms with van der Waals surface area (Å²) < 4.78 is 30.6. The van der Waals surface area contributed by atoms with Crippen molar-refractivity contribution in [2.75, 3.05) is 7.05 Å². The maximum Gasteiger partial charge on any atom is 0.273 e. The first kappa shape index (κ1) is 14.8. The van der Waals surface area contributed by atoms with Crippen LogP contribution in [-0.4, -0.2) is 15.5 Å². The number of rotatable bonds is 6. The van der Waals surface area contributed by atoms with Gasteiger partial charge in [-0.3, -0.25) is 0 Å². The summed E-state index contributed by atoms with van der Waals surface area (Å²) >= 11 is 0. The monoisotopic (exact) mass is 294 g/mol. The molecule has 0 amide bonds. The molecule has 0 spiro atoms. The lowest BCUT2D eigenvalue weighted by molar-refractivity contribution is 0.400. The zero-order valence-corrected chi connectivity index (χ0v) is 12.3. The van der Waals surface area contributed by atoms with Gasteiger partial charge in [0.2, 0.25) is 5.09 Å². The highest BCUT2D eigenvalue weighted by Gasteiger charge is 2.15. The Labute approximate surface area is 119 Å². The summed E-state index contributed by atoms with van der Waals surface area (Å²) in [6, 6.07) is 11.2. The van der Waals surface area contributed by atoms with E-state index in [9.17, 15) is 8.42 Å². The number of nitrogens with one attached hydrogen (secondary N) is 2. The Morgan fingerprint density at radius 1 is 1.10 bits per heavy atom. The molecule has 0 bridgehead atoms. The van der Waals surface area contributed by atoms with E-state index in [4.69, 9.17) is 4.42 Å². The van der Waals surface area contributed by atoms with E-state index in [0.717, 1.165) is 0 Å². The molecule has 0 atom stereocenters. The van der Waals surface area contributed by atoms with Crippen LogP contribution in [0.5, 0.6) is 0 Å². The minimum atomic E-state index is -3.51. The van der Waals surface area contributed by atoms with Gasteiger partial charge in [0.1, 0.15) is 5.76 Å². The molecule has 1 aromatic heterocycles. The topological polar surface area (TPSA) is 71.3 Å². The van der Waals surface area contributed by atoms with Crippen molar-refractivity contribution in [1.82, 2.24) is 10.0 Å². The van der Waals surface area contributed by atoms with Gasteiger partial charge in [-0.1, -0.05) is 24.3 Å². The SMILES string of the molecule is CNS(=O)(=O)c1ccc(CNCc2ccccc2C)o1. The molecule has 108 valence electrons. The van der Waals surface area contributed by atoms with Crippen molar-refractivity contribution >= 4 is 10.0 Å². The zero-order valence-electron chi connectivity index (χ0n) is 11.5. The van der Waals surface area contributed by atoms with Gasteiger partial charge in [0.05, 0.1) is 6.54 Å². The number of furan rings is 1. The van der Waals surface area contributed by atoms with Gasteiger partial charge in [-0.05, 0) is 37.2 Å². The second kappa shape index (κ2) is 6.21. The van der Waals surface area contributed by atoms with Crippen LogP contribution in [0.1, 0.15) is 16.9 Å². The third-order valence-electron chi connectivity index (χ3n) is 3.05. The molecule has 0 saturated heterocycles. The van der Waals surface area contributed by atoms with Crippen molar-refractivity contribution in [2.45, 2.75) is 25.1 Å². The first-order valence-electron chi connectivity index (χ1n) is 6.30. The first-order valence-corrected chi connectivity index (χ1v) is 7.79. The predicted octanol–water partition coefficient (Wildman–Crippen LogP) is 1.79. The number of sulfonamides is 1. The number of hydrogen-bond donors (Lipinski definition) is 2. The summed E-state index contributed by atoms with van der Waals surface area (Å²) in [6.07, 6.45) is 0. The highest BCUT2D eigenvalue weighted by Crippen LogP contribution is 2.13. The van der Waals surface area contributed by atoms with Crippen LogP contribution in [0.15, 0.2) is 45.9 Å². The van der Waals surface area contributed by atoms with E-state index in [1.807, 2.05) is 12.1 Å². The molecule has 1 aromatic carbocycles. The van der Waals surface area contributed by atoms with Crippen molar-refractivity contribution in [3.63, 3.8) is 0 Å². The van der Waals surface area contributed by atoms with Crippen LogP contribution >= 0.6 is 0 Å². The molecule has 1 heterocycles. The lowest BCUT2D eigenvalue weighted by Crippen LogP contribution is -2.18. The lowest BCUT2D eigenvalue weighted by atomic mass is 10.1. The lowest BCUT2D eigenvalue weighted by Gasteiger charge is -2.06. The average Bonchev–Trinajstić information content (AvgIpc) is 2.90. The number of aryl methyl sites for hydroxylation is 1. The third kappa shape index (κ3) is 3.47. The van der Waals surface area contributed by atoms with Crippen molar-refractivity contribution in [3.8, 4) is 0 Å². The molecule has 0 unspecified atom stereocenters. The molecule has 0 aliphatic heterocycles. The largest absolute Gasteiger partial charge is 0.447 e. The molecular formula is C14H18N2O3S. The Hall–Kier alpha value is -1.63. The summed E-state index contributed by atoms with van der Waals surface area (Å²) in [7, 11) is -2.15. The summed E-state index contributed by atoms with van der Waals surface area (Å²) in [5, 5.41) is 3.17. The molecule has 0 aliphatic rings. The second-order valence-electron chi connectivity index (χ2n) is 4.46. The summed E-state index contributed by atoms with van der Waals surface area (Å²) in [6.45, 7) is 3.25. The predicted molar refractivity (Wildman–Crippen MR) is 76.7 cm³/mol. The highest BCUT2D eigenvalue weighted by atomic mass is 32.2. The van der Waals surface area contributed by atoms with E-state index in [1.54, 1.807) is 6.07 Å². The number of benzene rings is 1. The summed E-state index contributed by atoms with van der Waals surface area (Å²) in [5.41, 5.74) is 2.43. The van der Waals surface area contributed by atoms with Gasteiger partial charge in [-0.25, -0.2) is 13.1 Å². The summed E-state index contributed by atoms with van der Waals surface area (Å²) in [4.78, 5) is 0. The van der Waals surface area contributed by atoms with Crippen LogP contribution in [0.2, 0.25) is 0 Å². The van der Waals surface area contributed by atoms with E-state index in [1.165, 1.54) is 24.2 Å². The highest BCUT2D eigenvalue weighted by molar-refractivity contribution is 7.89. The normalized spacial score (nSPS) is 11.7. The van der Waals surface area contributed by atoms with Crippen LogP contribution in [0.4, 0.5) is 0 Å². The van der Waals surface area contributed by atoms with E-state index < -0.39 is 10.0 Å². The maximum atomic E-state index is 11.5. The van der Waals surface area contributed by atoms with Gasteiger partial charge >= 0.3 is 0 Å². The van der Waals surface area contributed by atoms with E-state index in [2.05, 4.69) is 29.1 Å². The fourth-order valence-electron chi connectivity index (χ4n) is 1.83. The fraction of sp³-hybridized carbons (Fsp3) is 0.286. The number of hydrogen-bond acceptors (Lipinski definition) is 4. The molecule has 5 nitrogen and oxygen atoms in total. The fourth-order valence-corrected chi connectivity index (χ4v) is 2.49. The molecule has 2 rings (SSSR count). The van der Waals surface area contributed by atoms with Gasteiger partial charge in [-0.2, -0.15) is 0 Å². The van der Waals surface area contributed by atoms with Crippen molar-refractivity contribution in [3.05, 3.63) is 53.3 Å². The van der Waals surface area contributed by atoms with E-state index in [0.29, 0.717) is 18.8 Å².